The average molecular weight is 475 g/mol. The Morgan fingerprint density at radius 1 is 1.20 bits per heavy atom. The SMILES string of the molecule is CCN(C[C@@]12CC[C@@H](c3cc(-c4c(F)cccc4F)nnc31)C2(C)C)C(=O)c1ncc(C#N)cn1. The monoisotopic (exact) mass is 474 g/mol. The summed E-state index contributed by atoms with van der Waals surface area (Å²) >= 11 is 0. The molecule has 2 aliphatic carbocycles. The number of hydrogen-bond donors (Lipinski definition) is 0. The minimum atomic E-state index is -0.679. The molecule has 2 aromatic heterocycles. The van der Waals surface area contributed by atoms with Crippen molar-refractivity contribution in [1.29, 1.82) is 5.26 Å². The topological polar surface area (TPSA) is 95.7 Å². The summed E-state index contributed by atoms with van der Waals surface area (Å²) in [7, 11) is 0. The van der Waals surface area contributed by atoms with Gasteiger partial charge in [-0.25, -0.2) is 18.7 Å². The molecule has 9 heteroatoms. The number of fused-ring (bicyclic) bond motifs is 5. The number of aromatic nitrogens is 4. The minimum absolute atomic E-state index is 0.0317. The van der Waals surface area contributed by atoms with Crippen molar-refractivity contribution < 1.29 is 13.6 Å². The van der Waals surface area contributed by atoms with Crippen molar-refractivity contribution in [2.75, 3.05) is 13.1 Å². The van der Waals surface area contributed by atoms with Gasteiger partial charge in [-0.1, -0.05) is 19.9 Å². The van der Waals surface area contributed by atoms with Gasteiger partial charge in [-0.15, -0.1) is 0 Å². The Balaban J connectivity index is 1.53. The van der Waals surface area contributed by atoms with Crippen molar-refractivity contribution in [3.05, 3.63) is 70.9 Å². The third-order valence-electron chi connectivity index (χ3n) is 7.94. The Morgan fingerprint density at radius 3 is 2.51 bits per heavy atom. The standard InChI is InChI=1S/C26H24F2N6O/c1-4-34(24(35)23-30-12-15(11-29)13-31-23)14-26-9-8-17(25(26,2)3)16-10-20(32-33-22(16)26)21-18(27)6-5-7-19(21)28/h5-7,10,12-13,17H,4,8-9,14H2,1-3H3/t17-,26-/m0/s1. The number of benzene rings is 1. The van der Waals surface area contributed by atoms with Gasteiger partial charge >= 0.3 is 0 Å². The summed E-state index contributed by atoms with van der Waals surface area (Å²) in [5.41, 5.74) is 1.27. The zero-order valence-electron chi connectivity index (χ0n) is 19.7. The normalized spacial score (nSPS) is 21.4. The number of amides is 1. The number of carbonyl (C=O) groups is 1. The van der Waals surface area contributed by atoms with Crippen LogP contribution in [0.1, 0.15) is 67.0 Å². The molecule has 1 fully saturated rings. The van der Waals surface area contributed by atoms with Crippen LogP contribution in [0.3, 0.4) is 0 Å². The highest BCUT2D eigenvalue weighted by molar-refractivity contribution is 5.90. The summed E-state index contributed by atoms with van der Waals surface area (Å²) in [5.74, 6) is -1.52. The van der Waals surface area contributed by atoms with Crippen LogP contribution in [-0.4, -0.2) is 44.1 Å². The quantitative estimate of drug-likeness (QED) is 0.544. The van der Waals surface area contributed by atoms with Crippen LogP contribution in [0.25, 0.3) is 11.3 Å². The molecule has 1 amide bonds. The molecule has 0 spiro atoms. The lowest BCUT2D eigenvalue weighted by molar-refractivity contribution is 0.0640. The highest BCUT2D eigenvalue weighted by Gasteiger charge is 2.64. The number of rotatable bonds is 5. The first-order chi connectivity index (χ1) is 16.7. The second-order valence-electron chi connectivity index (χ2n) is 9.75. The van der Waals surface area contributed by atoms with E-state index in [4.69, 9.17) is 5.26 Å². The molecule has 35 heavy (non-hydrogen) atoms. The zero-order valence-corrected chi connectivity index (χ0v) is 19.7. The molecule has 0 aliphatic heterocycles. The summed E-state index contributed by atoms with van der Waals surface area (Å²) in [6, 6.07) is 7.45. The largest absolute Gasteiger partial charge is 0.335 e. The molecule has 2 bridgehead atoms. The first kappa shape index (κ1) is 23.0. The predicted molar refractivity (Wildman–Crippen MR) is 123 cm³/mol. The van der Waals surface area contributed by atoms with E-state index >= 15 is 0 Å². The van der Waals surface area contributed by atoms with Crippen LogP contribution in [0.15, 0.2) is 36.7 Å². The van der Waals surface area contributed by atoms with Gasteiger partial charge in [0.15, 0.2) is 0 Å². The van der Waals surface area contributed by atoms with Gasteiger partial charge in [0.1, 0.15) is 17.7 Å². The Morgan fingerprint density at radius 2 is 1.89 bits per heavy atom. The Bertz CT molecular complexity index is 1350. The number of nitrogens with zero attached hydrogens (tertiary/aromatic N) is 6. The molecule has 5 rings (SSSR count). The van der Waals surface area contributed by atoms with Crippen LogP contribution < -0.4 is 0 Å². The molecule has 2 atom stereocenters. The molecule has 3 aromatic rings. The van der Waals surface area contributed by atoms with Crippen molar-refractivity contribution in [2.45, 2.75) is 44.9 Å². The molecule has 0 saturated heterocycles. The van der Waals surface area contributed by atoms with Gasteiger partial charge in [0.25, 0.3) is 5.91 Å². The lowest BCUT2D eigenvalue weighted by atomic mass is 9.68. The maximum Gasteiger partial charge on any atom is 0.291 e. The predicted octanol–water partition coefficient (Wildman–Crippen LogP) is 4.40. The molecule has 178 valence electrons. The van der Waals surface area contributed by atoms with E-state index in [0.29, 0.717) is 13.1 Å². The average Bonchev–Trinajstić information content (AvgIpc) is 3.21. The second kappa shape index (κ2) is 8.15. The van der Waals surface area contributed by atoms with E-state index in [2.05, 4.69) is 34.0 Å². The van der Waals surface area contributed by atoms with Gasteiger partial charge in [0.05, 0.1) is 22.5 Å². The number of nitriles is 1. The molecule has 2 heterocycles. The van der Waals surface area contributed by atoms with Crippen molar-refractivity contribution in [3.8, 4) is 17.3 Å². The lowest BCUT2D eigenvalue weighted by Gasteiger charge is -2.41. The first-order valence-corrected chi connectivity index (χ1v) is 11.6. The minimum Gasteiger partial charge on any atom is -0.335 e. The number of halogens is 2. The summed E-state index contributed by atoms with van der Waals surface area (Å²) in [6.07, 6.45) is 4.37. The lowest BCUT2D eigenvalue weighted by Crippen LogP contribution is -2.48. The van der Waals surface area contributed by atoms with E-state index in [-0.39, 0.29) is 39.9 Å². The number of likely N-dealkylation sites (N-methyl/N-ethyl adjacent to an activating group) is 1. The first-order valence-electron chi connectivity index (χ1n) is 11.6. The third kappa shape index (κ3) is 3.31. The molecule has 1 aromatic carbocycles. The fraction of sp³-hybridized carbons (Fsp3) is 0.385. The van der Waals surface area contributed by atoms with Crippen LogP contribution in [0, 0.1) is 28.4 Å². The van der Waals surface area contributed by atoms with Crippen molar-refractivity contribution in [1.82, 2.24) is 25.1 Å². The van der Waals surface area contributed by atoms with Gasteiger partial charge in [-0.3, -0.25) is 4.79 Å². The Kier molecular flexibility index (Phi) is 5.35. The van der Waals surface area contributed by atoms with Gasteiger partial charge in [-0.2, -0.15) is 15.5 Å². The highest BCUT2D eigenvalue weighted by Crippen LogP contribution is 2.67. The maximum atomic E-state index is 14.4. The van der Waals surface area contributed by atoms with E-state index in [1.165, 1.54) is 30.6 Å². The van der Waals surface area contributed by atoms with Gasteiger partial charge in [-0.05, 0) is 54.9 Å². The molecule has 0 unspecified atom stereocenters. The Labute approximate surface area is 201 Å². The number of carbonyl (C=O) groups excluding carboxylic acids is 1. The van der Waals surface area contributed by atoms with E-state index in [9.17, 15) is 13.6 Å². The molecule has 7 nitrogen and oxygen atoms in total. The second-order valence-corrected chi connectivity index (χ2v) is 9.75. The van der Waals surface area contributed by atoms with Gasteiger partial charge in [0.2, 0.25) is 5.82 Å². The van der Waals surface area contributed by atoms with Gasteiger partial charge in [0, 0.05) is 30.9 Å². The van der Waals surface area contributed by atoms with Crippen LogP contribution in [-0.2, 0) is 5.41 Å². The molecule has 2 aliphatic rings. The van der Waals surface area contributed by atoms with E-state index in [0.717, 1.165) is 24.1 Å². The van der Waals surface area contributed by atoms with Gasteiger partial charge < -0.3 is 4.90 Å². The summed E-state index contributed by atoms with van der Waals surface area (Å²) < 4.78 is 28.9. The summed E-state index contributed by atoms with van der Waals surface area (Å²) in [5, 5.41) is 17.7. The smallest absolute Gasteiger partial charge is 0.291 e. The van der Waals surface area contributed by atoms with Crippen LogP contribution >= 0.6 is 0 Å². The van der Waals surface area contributed by atoms with Crippen molar-refractivity contribution >= 4 is 5.91 Å². The fourth-order valence-corrected chi connectivity index (χ4v) is 5.93. The van der Waals surface area contributed by atoms with Crippen LogP contribution in [0.4, 0.5) is 8.78 Å². The molecule has 0 N–H and O–H groups in total. The van der Waals surface area contributed by atoms with E-state index < -0.39 is 17.0 Å². The molecule has 1 saturated carbocycles. The third-order valence-corrected chi connectivity index (χ3v) is 7.94. The maximum absolute atomic E-state index is 14.4. The highest BCUT2D eigenvalue weighted by atomic mass is 19.1. The fourth-order valence-electron chi connectivity index (χ4n) is 5.93. The zero-order chi connectivity index (χ0) is 25.0. The van der Waals surface area contributed by atoms with Crippen LogP contribution in [0.5, 0.6) is 0 Å². The molecule has 0 radical (unpaired) electrons. The molecular formula is C26H24F2N6O. The summed E-state index contributed by atoms with van der Waals surface area (Å²) in [6.45, 7) is 7.04. The summed E-state index contributed by atoms with van der Waals surface area (Å²) in [4.78, 5) is 23.1. The van der Waals surface area contributed by atoms with E-state index in [1.54, 1.807) is 11.0 Å². The van der Waals surface area contributed by atoms with Crippen molar-refractivity contribution in [2.24, 2.45) is 5.41 Å². The van der Waals surface area contributed by atoms with E-state index in [1.807, 2.05) is 13.0 Å². The Hall–Kier alpha value is -3.80. The molecular weight excluding hydrogens is 450 g/mol. The van der Waals surface area contributed by atoms with Crippen LogP contribution in [0.2, 0.25) is 0 Å². The number of hydrogen-bond acceptors (Lipinski definition) is 6. The van der Waals surface area contributed by atoms with Crippen molar-refractivity contribution in [3.63, 3.8) is 0 Å².